The third kappa shape index (κ3) is 1.46. The molecule has 0 spiro atoms. The highest BCUT2D eigenvalue weighted by molar-refractivity contribution is 5.90. The first-order chi connectivity index (χ1) is 7.45. The number of pyridine rings is 1. The fraction of sp³-hybridized carbons (Fsp3) is 0.308. The van der Waals surface area contributed by atoms with Gasteiger partial charge in [-0.25, -0.2) is 0 Å². The summed E-state index contributed by atoms with van der Waals surface area (Å²) in [6.07, 6.45) is 4.49. The van der Waals surface area contributed by atoms with Crippen LogP contribution >= 0.6 is 0 Å². The van der Waals surface area contributed by atoms with Gasteiger partial charge in [-0.15, -0.1) is 0 Å². The van der Waals surface area contributed by atoms with Crippen molar-refractivity contribution in [2.75, 3.05) is 18.0 Å². The zero-order chi connectivity index (χ0) is 10.1. The third-order valence-electron chi connectivity index (χ3n) is 3.06. The zero-order valence-electron chi connectivity index (χ0n) is 8.69. The summed E-state index contributed by atoms with van der Waals surface area (Å²) in [5.41, 5.74) is 2.44. The minimum absolute atomic E-state index is 1.14. The van der Waals surface area contributed by atoms with E-state index in [4.69, 9.17) is 0 Å². The number of hydrogen-bond acceptors (Lipinski definition) is 2. The summed E-state index contributed by atoms with van der Waals surface area (Å²) in [5, 5.41) is 1.24. The molecule has 3 rings (SSSR count). The molecule has 1 aromatic heterocycles. The van der Waals surface area contributed by atoms with E-state index in [1.807, 2.05) is 12.3 Å². The van der Waals surface area contributed by atoms with Crippen LogP contribution in [0.3, 0.4) is 0 Å². The number of hydrogen-bond donors (Lipinski definition) is 0. The number of nitrogens with zero attached hydrogens (tertiary/aromatic N) is 2. The normalized spacial score (nSPS) is 16.1. The van der Waals surface area contributed by atoms with Gasteiger partial charge in [-0.2, -0.15) is 0 Å². The average molecular weight is 198 g/mol. The Bertz CT molecular complexity index is 467. The van der Waals surface area contributed by atoms with E-state index in [0.29, 0.717) is 0 Å². The maximum Gasteiger partial charge on any atom is 0.0935 e. The molecule has 15 heavy (non-hydrogen) atoms. The molecule has 2 heteroatoms. The zero-order valence-corrected chi connectivity index (χ0v) is 8.69. The lowest BCUT2D eigenvalue weighted by Gasteiger charge is -2.18. The van der Waals surface area contributed by atoms with Crippen molar-refractivity contribution in [2.24, 2.45) is 0 Å². The minimum Gasteiger partial charge on any atom is -0.370 e. The Kier molecular flexibility index (Phi) is 2.05. The first-order valence-electron chi connectivity index (χ1n) is 5.54. The van der Waals surface area contributed by atoms with Crippen LogP contribution in [0.25, 0.3) is 10.9 Å². The Morgan fingerprint density at radius 3 is 2.67 bits per heavy atom. The van der Waals surface area contributed by atoms with Crippen LogP contribution < -0.4 is 4.90 Å². The van der Waals surface area contributed by atoms with E-state index < -0.39 is 0 Å². The maximum absolute atomic E-state index is 4.48. The molecule has 1 fully saturated rings. The van der Waals surface area contributed by atoms with Crippen molar-refractivity contribution < 1.29 is 0 Å². The van der Waals surface area contributed by atoms with Crippen LogP contribution in [0, 0.1) is 0 Å². The minimum atomic E-state index is 1.14. The van der Waals surface area contributed by atoms with E-state index in [1.54, 1.807) is 0 Å². The number of fused-ring (bicyclic) bond motifs is 1. The number of rotatable bonds is 1. The molecule has 0 saturated carbocycles. The smallest absolute Gasteiger partial charge is 0.0935 e. The topological polar surface area (TPSA) is 16.1 Å². The standard InChI is InChI=1S/C13H14N2/c1-2-10-15(9-1)12-7-3-5-11-6-4-8-14-13(11)12/h3-8H,1-2,9-10H2. The van der Waals surface area contributed by atoms with Gasteiger partial charge in [0.15, 0.2) is 0 Å². The Labute approximate surface area is 89.5 Å². The summed E-state index contributed by atoms with van der Waals surface area (Å²) >= 11 is 0. The third-order valence-corrected chi connectivity index (χ3v) is 3.06. The molecule has 76 valence electrons. The Morgan fingerprint density at radius 1 is 1.00 bits per heavy atom. The summed E-state index contributed by atoms with van der Waals surface area (Å²) in [6.45, 7) is 2.35. The largest absolute Gasteiger partial charge is 0.370 e. The molecule has 0 aliphatic carbocycles. The van der Waals surface area contributed by atoms with E-state index in [9.17, 15) is 0 Å². The molecule has 1 aliphatic rings. The SMILES string of the molecule is c1cnc2c(N3CCCC3)cccc2c1. The molecule has 1 aliphatic heterocycles. The fourth-order valence-corrected chi connectivity index (χ4v) is 2.30. The van der Waals surface area contributed by atoms with Crippen LogP contribution in [-0.2, 0) is 0 Å². The van der Waals surface area contributed by atoms with Crippen molar-refractivity contribution >= 4 is 16.6 Å². The molecule has 0 unspecified atom stereocenters. The maximum atomic E-state index is 4.48. The van der Waals surface area contributed by atoms with Crippen molar-refractivity contribution in [3.05, 3.63) is 36.5 Å². The summed E-state index contributed by atoms with van der Waals surface area (Å²) in [4.78, 5) is 6.92. The first-order valence-corrected chi connectivity index (χ1v) is 5.54. The van der Waals surface area contributed by atoms with Gasteiger partial charge in [0.25, 0.3) is 0 Å². The molecule has 0 amide bonds. The lowest BCUT2D eigenvalue weighted by Crippen LogP contribution is -2.17. The second kappa shape index (κ2) is 3.54. The van der Waals surface area contributed by atoms with Crippen LogP contribution in [0.2, 0.25) is 0 Å². The Hall–Kier alpha value is -1.57. The monoisotopic (exact) mass is 198 g/mol. The molecule has 2 aromatic rings. The van der Waals surface area contributed by atoms with Gasteiger partial charge in [0.2, 0.25) is 0 Å². The predicted molar refractivity (Wildman–Crippen MR) is 63.2 cm³/mol. The fourth-order valence-electron chi connectivity index (χ4n) is 2.30. The van der Waals surface area contributed by atoms with E-state index in [0.717, 1.165) is 5.52 Å². The van der Waals surface area contributed by atoms with Crippen molar-refractivity contribution in [3.63, 3.8) is 0 Å². The highest BCUT2D eigenvalue weighted by atomic mass is 15.1. The molecule has 1 saturated heterocycles. The Balaban J connectivity index is 2.16. The molecular formula is C13H14N2. The second-order valence-corrected chi connectivity index (χ2v) is 4.05. The summed E-state index contributed by atoms with van der Waals surface area (Å²) in [5.74, 6) is 0. The number of benzene rings is 1. The second-order valence-electron chi connectivity index (χ2n) is 4.05. The van der Waals surface area contributed by atoms with Crippen molar-refractivity contribution in [3.8, 4) is 0 Å². The van der Waals surface area contributed by atoms with Gasteiger partial charge < -0.3 is 4.90 Å². The van der Waals surface area contributed by atoms with Crippen molar-refractivity contribution in [2.45, 2.75) is 12.8 Å². The summed E-state index contributed by atoms with van der Waals surface area (Å²) in [6, 6.07) is 10.6. The van der Waals surface area contributed by atoms with E-state index in [2.05, 4.69) is 34.1 Å². The van der Waals surface area contributed by atoms with Crippen LogP contribution in [0.5, 0.6) is 0 Å². The molecule has 0 atom stereocenters. The van der Waals surface area contributed by atoms with Crippen LogP contribution in [0.15, 0.2) is 36.5 Å². The van der Waals surface area contributed by atoms with Crippen LogP contribution in [0.4, 0.5) is 5.69 Å². The van der Waals surface area contributed by atoms with E-state index in [1.165, 1.54) is 37.0 Å². The van der Waals surface area contributed by atoms with Crippen LogP contribution in [-0.4, -0.2) is 18.1 Å². The molecule has 0 bridgehead atoms. The highest BCUT2D eigenvalue weighted by Crippen LogP contribution is 2.27. The molecule has 2 nitrogen and oxygen atoms in total. The van der Waals surface area contributed by atoms with E-state index in [-0.39, 0.29) is 0 Å². The molecular weight excluding hydrogens is 184 g/mol. The quantitative estimate of drug-likeness (QED) is 0.700. The number of aromatic nitrogens is 1. The van der Waals surface area contributed by atoms with Crippen molar-refractivity contribution in [1.82, 2.24) is 4.98 Å². The molecule has 1 aromatic carbocycles. The predicted octanol–water partition coefficient (Wildman–Crippen LogP) is 2.84. The van der Waals surface area contributed by atoms with Gasteiger partial charge in [0, 0.05) is 24.7 Å². The molecule has 0 radical (unpaired) electrons. The molecule has 2 heterocycles. The van der Waals surface area contributed by atoms with Crippen LogP contribution in [0.1, 0.15) is 12.8 Å². The number of anilines is 1. The number of para-hydroxylation sites is 1. The van der Waals surface area contributed by atoms with Gasteiger partial charge >= 0.3 is 0 Å². The average Bonchev–Trinajstić information content (AvgIpc) is 2.82. The molecule has 0 N–H and O–H groups in total. The summed E-state index contributed by atoms with van der Waals surface area (Å²) < 4.78 is 0. The van der Waals surface area contributed by atoms with E-state index >= 15 is 0 Å². The van der Waals surface area contributed by atoms with Crippen molar-refractivity contribution in [1.29, 1.82) is 0 Å². The van der Waals surface area contributed by atoms with Gasteiger partial charge in [-0.05, 0) is 25.0 Å². The Morgan fingerprint density at radius 2 is 1.80 bits per heavy atom. The van der Waals surface area contributed by atoms with Gasteiger partial charge in [0.1, 0.15) is 0 Å². The highest BCUT2D eigenvalue weighted by Gasteiger charge is 2.14. The lowest BCUT2D eigenvalue weighted by atomic mass is 10.2. The van der Waals surface area contributed by atoms with Gasteiger partial charge in [-0.1, -0.05) is 18.2 Å². The first kappa shape index (κ1) is 8.72. The summed E-state index contributed by atoms with van der Waals surface area (Å²) in [7, 11) is 0. The van der Waals surface area contributed by atoms with Gasteiger partial charge in [-0.3, -0.25) is 4.98 Å². The lowest BCUT2D eigenvalue weighted by molar-refractivity contribution is 0.949. The van der Waals surface area contributed by atoms with Gasteiger partial charge in [0.05, 0.1) is 11.2 Å².